The number of benzene rings is 2. The Morgan fingerprint density at radius 3 is 2.63 bits per heavy atom. The molecule has 6 heteroatoms. The van der Waals surface area contributed by atoms with Crippen LogP contribution in [-0.2, 0) is 16.1 Å². The summed E-state index contributed by atoms with van der Waals surface area (Å²) in [6.45, 7) is 2.55. The van der Waals surface area contributed by atoms with E-state index < -0.39 is 5.60 Å². The molecule has 0 radical (unpaired) electrons. The summed E-state index contributed by atoms with van der Waals surface area (Å²) in [6.07, 6.45) is 0.213. The van der Waals surface area contributed by atoms with Gasteiger partial charge in [0, 0.05) is 26.7 Å². The molecule has 2 aromatic rings. The Hall–Kier alpha value is -2.44. The second-order valence-electron chi connectivity index (χ2n) is 6.86. The van der Waals surface area contributed by atoms with Gasteiger partial charge in [-0.05, 0) is 29.8 Å². The van der Waals surface area contributed by atoms with Gasteiger partial charge in [-0.3, -0.25) is 4.79 Å². The summed E-state index contributed by atoms with van der Waals surface area (Å²) in [7, 11) is 1.79. The average Bonchev–Trinajstić information content (AvgIpc) is 2.69. The largest absolute Gasteiger partial charge is 0.491 e. The standard InChI is InChI=1S/C21H25FN2O3/c1-24(14-17-5-3-2-4-6-17)20(25)13-21(15-23-11-12-27-21)16-26-19-9-7-18(22)8-10-19/h2-10,23H,11-16H2,1H3/t21-/m1/s1. The van der Waals surface area contributed by atoms with E-state index in [-0.39, 0.29) is 24.8 Å². The van der Waals surface area contributed by atoms with Crippen molar-refractivity contribution in [1.82, 2.24) is 10.2 Å². The molecule has 144 valence electrons. The molecule has 1 fully saturated rings. The first-order chi connectivity index (χ1) is 13.1. The molecule has 27 heavy (non-hydrogen) atoms. The maximum absolute atomic E-state index is 13.1. The van der Waals surface area contributed by atoms with Crippen LogP contribution in [0, 0.1) is 5.82 Å². The number of nitrogens with one attached hydrogen (secondary N) is 1. The van der Waals surface area contributed by atoms with Crippen molar-refractivity contribution >= 4 is 5.91 Å². The highest BCUT2D eigenvalue weighted by atomic mass is 19.1. The van der Waals surface area contributed by atoms with Crippen LogP contribution >= 0.6 is 0 Å². The fourth-order valence-electron chi connectivity index (χ4n) is 3.07. The van der Waals surface area contributed by atoms with Gasteiger partial charge in [0.25, 0.3) is 0 Å². The van der Waals surface area contributed by atoms with Gasteiger partial charge in [-0.1, -0.05) is 30.3 Å². The predicted molar refractivity (Wildman–Crippen MR) is 101 cm³/mol. The zero-order chi connectivity index (χ0) is 19.1. The molecule has 0 aliphatic carbocycles. The molecule has 0 saturated carbocycles. The number of nitrogens with zero attached hydrogens (tertiary/aromatic N) is 1. The van der Waals surface area contributed by atoms with E-state index in [1.54, 1.807) is 24.1 Å². The van der Waals surface area contributed by atoms with Gasteiger partial charge in [-0.25, -0.2) is 4.39 Å². The van der Waals surface area contributed by atoms with Gasteiger partial charge in [0.05, 0.1) is 13.0 Å². The molecule has 5 nitrogen and oxygen atoms in total. The molecule has 1 heterocycles. The van der Waals surface area contributed by atoms with Crippen molar-refractivity contribution in [2.75, 3.05) is 33.4 Å². The Labute approximate surface area is 159 Å². The summed E-state index contributed by atoms with van der Waals surface area (Å²) in [5.41, 5.74) is 0.335. The third-order valence-corrected chi connectivity index (χ3v) is 4.61. The van der Waals surface area contributed by atoms with Crippen molar-refractivity contribution in [2.45, 2.75) is 18.6 Å². The number of carbonyl (C=O) groups is 1. The maximum atomic E-state index is 13.1. The first-order valence-corrected chi connectivity index (χ1v) is 9.07. The number of carbonyl (C=O) groups excluding carboxylic acids is 1. The smallest absolute Gasteiger partial charge is 0.225 e. The van der Waals surface area contributed by atoms with Crippen LogP contribution in [0.3, 0.4) is 0 Å². The van der Waals surface area contributed by atoms with Crippen LogP contribution in [0.1, 0.15) is 12.0 Å². The van der Waals surface area contributed by atoms with E-state index in [1.165, 1.54) is 12.1 Å². The molecule has 1 atom stereocenters. The lowest BCUT2D eigenvalue weighted by Crippen LogP contribution is -2.55. The molecule has 0 spiro atoms. The van der Waals surface area contributed by atoms with E-state index in [2.05, 4.69) is 5.32 Å². The van der Waals surface area contributed by atoms with Gasteiger partial charge in [0.15, 0.2) is 0 Å². The minimum Gasteiger partial charge on any atom is -0.491 e. The van der Waals surface area contributed by atoms with Crippen LogP contribution in [0.25, 0.3) is 0 Å². The molecule has 1 amide bonds. The number of ether oxygens (including phenoxy) is 2. The monoisotopic (exact) mass is 372 g/mol. The number of hydrogen-bond acceptors (Lipinski definition) is 4. The van der Waals surface area contributed by atoms with Crippen LogP contribution in [-0.4, -0.2) is 49.8 Å². The molecule has 1 aliphatic heterocycles. The molecular formula is C21H25FN2O3. The maximum Gasteiger partial charge on any atom is 0.225 e. The lowest BCUT2D eigenvalue weighted by molar-refractivity contribution is -0.144. The molecule has 3 rings (SSSR count). The minimum absolute atomic E-state index is 0.00902. The van der Waals surface area contributed by atoms with Crippen LogP contribution in [0.4, 0.5) is 4.39 Å². The Bertz CT molecular complexity index is 731. The highest BCUT2D eigenvalue weighted by Crippen LogP contribution is 2.22. The second kappa shape index (κ2) is 8.97. The summed E-state index contributed by atoms with van der Waals surface area (Å²) in [4.78, 5) is 14.5. The fourth-order valence-corrected chi connectivity index (χ4v) is 3.07. The van der Waals surface area contributed by atoms with Gasteiger partial charge in [-0.15, -0.1) is 0 Å². The second-order valence-corrected chi connectivity index (χ2v) is 6.86. The number of amides is 1. The molecule has 1 N–H and O–H groups in total. The zero-order valence-electron chi connectivity index (χ0n) is 15.5. The third-order valence-electron chi connectivity index (χ3n) is 4.61. The van der Waals surface area contributed by atoms with Crippen LogP contribution in [0.15, 0.2) is 54.6 Å². The summed E-state index contributed by atoms with van der Waals surface area (Å²) in [5.74, 6) is 0.227. The van der Waals surface area contributed by atoms with Gasteiger partial charge < -0.3 is 19.7 Å². The highest BCUT2D eigenvalue weighted by molar-refractivity contribution is 5.77. The highest BCUT2D eigenvalue weighted by Gasteiger charge is 2.37. The minimum atomic E-state index is -0.741. The van der Waals surface area contributed by atoms with Crippen molar-refractivity contribution in [3.63, 3.8) is 0 Å². The summed E-state index contributed by atoms with van der Waals surface area (Å²) < 4.78 is 24.8. The van der Waals surface area contributed by atoms with Crippen molar-refractivity contribution in [1.29, 1.82) is 0 Å². The Balaban J connectivity index is 1.62. The Morgan fingerprint density at radius 1 is 1.22 bits per heavy atom. The van der Waals surface area contributed by atoms with Gasteiger partial charge in [0.2, 0.25) is 5.91 Å². The Morgan fingerprint density at radius 2 is 1.96 bits per heavy atom. The number of hydrogen-bond donors (Lipinski definition) is 1. The first kappa shape index (κ1) is 19.3. The predicted octanol–water partition coefficient (Wildman–Crippen LogP) is 2.61. The average molecular weight is 372 g/mol. The van der Waals surface area contributed by atoms with E-state index in [4.69, 9.17) is 9.47 Å². The van der Waals surface area contributed by atoms with Crippen molar-refractivity contribution in [3.8, 4) is 5.75 Å². The van der Waals surface area contributed by atoms with Crippen LogP contribution in [0.5, 0.6) is 5.75 Å². The molecule has 1 saturated heterocycles. The topological polar surface area (TPSA) is 50.8 Å². The van der Waals surface area contributed by atoms with Crippen molar-refractivity contribution in [3.05, 3.63) is 66.0 Å². The molecule has 0 unspecified atom stereocenters. The van der Waals surface area contributed by atoms with Crippen LogP contribution in [0.2, 0.25) is 0 Å². The quantitative estimate of drug-likeness (QED) is 0.812. The lowest BCUT2D eigenvalue weighted by Gasteiger charge is -2.37. The number of morpholine rings is 1. The zero-order valence-corrected chi connectivity index (χ0v) is 15.5. The normalized spacial score (nSPS) is 19.5. The van der Waals surface area contributed by atoms with Crippen LogP contribution < -0.4 is 10.1 Å². The van der Waals surface area contributed by atoms with Gasteiger partial charge in [0.1, 0.15) is 23.8 Å². The SMILES string of the molecule is CN(Cc1ccccc1)C(=O)C[C@]1(COc2ccc(F)cc2)CNCCO1. The fraction of sp³-hybridized carbons (Fsp3) is 0.381. The van der Waals surface area contributed by atoms with E-state index in [9.17, 15) is 9.18 Å². The number of halogens is 1. The summed E-state index contributed by atoms with van der Waals surface area (Å²) in [6, 6.07) is 15.7. The van der Waals surface area contributed by atoms with Gasteiger partial charge in [-0.2, -0.15) is 0 Å². The van der Waals surface area contributed by atoms with Crippen molar-refractivity contribution in [2.24, 2.45) is 0 Å². The lowest BCUT2D eigenvalue weighted by atomic mass is 9.98. The van der Waals surface area contributed by atoms with E-state index in [0.717, 1.165) is 12.1 Å². The third kappa shape index (κ3) is 5.52. The van der Waals surface area contributed by atoms with Gasteiger partial charge >= 0.3 is 0 Å². The first-order valence-electron chi connectivity index (χ1n) is 9.07. The molecule has 2 aromatic carbocycles. The molecule has 1 aliphatic rings. The summed E-state index contributed by atoms with van der Waals surface area (Å²) in [5, 5.41) is 3.28. The molecule has 0 aromatic heterocycles. The molecule has 0 bridgehead atoms. The summed E-state index contributed by atoms with van der Waals surface area (Å²) >= 11 is 0. The van der Waals surface area contributed by atoms with Crippen molar-refractivity contribution < 1.29 is 18.7 Å². The Kier molecular flexibility index (Phi) is 6.42. The molecular weight excluding hydrogens is 347 g/mol. The number of rotatable bonds is 7. The van der Waals surface area contributed by atoms with E-state index in [0.29, 0.717) is 25.4 Å². The van der Waals surface area contributed by atoms with E-state index in [1.807, 2.05) is 30.3 Å². The van der Waals surface area contributed by atoms with E-state index >= 15 is 0 Å².